The van der Waals surface area contributed by atoms with Crippen molar-refractivity contribution in [1.29, 1.82) is 0 Å². The fourth-order valence-corrected chi connectivity index (χ4v) is 5.12. The molecule has 0 radical (unpaired) electrons. The van der Waals surface area contributed by atoms with Crippen molar-refractivity contribution in [2.45, 2.75) is 43.9 Å². The van der Waals surface area contributed by atoms with Crippen LogP contribution in [0.1, 0.15) is 37.7 Å². The molecule has 154 valence electrons. The molecule has 3 rings (SSSR count). The molecule has 2 aliphatic heterocycles. The summed E-state index contributed by atoms with van der Waals surface area (Å²) in [6.45, 7) is 4.47. The van der Waals surface area contributed by atoms with Gasteiger partial charge >= 0.3 is 0 Å². The smallest absolute Gasteiger partial charge is 0.243 e. The van der Waals surface area contributed by atoms with Gasteiger partial charge in [-0.05, 0) is 31.9 Å². The molecule has 2 saturated heterocycles. The molecule has 0 aromatic heterocycles. The van der Waals surface area contributed by atoms with Crippen molar-refractivity contribution in [3.8, 4) is 0 Å². The van der Waals surface area contributed by atoms with Gasteiger partial charge in [0.2, 0.25) is 21.8 Å². The Hall–Kier alpha value is -1.93. The lowest BCUT2D eigenvalue weighted by Gasteiger charge is -2.34. The van der Waals surface area contributed by atoms with Gasteiger partial charge in [0, 0.05) is 52.1 Å². The number of piperazine rings is 1. The lowest BCUT2D eigenvalue weighted by molar-refractivity contribution is -0.134. The van der Waals surface area contributed by atoms with Gasteiger partial charge < -0.3 is 9.80 Å². The van der Waals surface area contributed by atoms with Crippen molar-refractivity contribution in [2.75, 3.05) is 39.3 Å². The van der Waals surface area contributed by atoms with Crippen LogP contribution in [0.5, 0.6) is 0 Å². The van der Waals surface area contributed by atoms with Crippen LogP contribution >= 0.6 is 0 Å². The summed E-state index contributed by atoms with van der Waals surface area (Å²) in [5, 5.41) is 0. The van der Waals surface area contributed by atoms with Crippen molar-refractivity contribution in [2.24, 2.45) is 0 Å². The third-order valence-electron chi connectivity index (χ3n) is 5.52. The Kier molecular flexibility index (Phi) is 6.72. The van der Waals surface area contributed by atoms with E-state index in [4.69, 9.17) is 0 Å². The molecule has 0 N–H and O–H groups in total. The van der Waals surface area contributed by atoms with Crippen molar-refractivity contribution in [3.05, 3.63) is 29.8 Å². The molecule has 2 amide bonds. The molecule has 0 atom stereocenters. The first-order chi connectivity index (χ1) is 13.4. The van der Waals surface area contributed by atoms with Gasteiger partial charge in [-0.3, -0.25) is 9.59 Å². The van der Waals surface area contributed by atoms with Crippen LogP contribution in [0.15, 0.2) is 29.2 Å². The number of nitrogens with zero attached hydrogens (tertiary/aromatic N) is 3. The molecule has 8 heteroatoms. The highest BCUT2D eigenvalue weighted by atomic mass is 32.2. The summed E-state index contributed by atoms with van der Waals surface area (Å²) in [4.78, 5) is 28.4. The van der Waals surface area contributed by atoms with E-state index in [1.807, 2.05) is 6.92 Å². The summed E-state index contributed by atoms with van der Waals surface area (Å²) >= 11 is 0. The topological polar surface area (TPSA) is 78.0 Å². The van der Waals surface area contributed by atoms with Gasteiger partial charge in [0.1, 0.15) is 0 Å². The Morgan fingerprint density at radius 1 is 0.964 bits per heavy atom. The van der Waals surface area contributed by atoms with Gasteiger partial charge in [0.05, 0.1) is 4.90 Å². The van der Waals surface area contributed by atoms with Gasteiger partial charge in [0.15, 0.2) is 0 Å². The molecule has 28 heavy (non-hydrogen) atoms. The Morgan fingerprint density at radius 2 is 1.64 bits per heavy atom. The fraction of sp³-hybridized carbons (Fsp3) is 0.600. The number of hydrogen-bond acceptors (Lipinski definition) is 4. The van der Waals surface area contributed by atoms with Crippen LogP contribution in [0.25, 0.3) is 0 Å². The number of carbonyl (C=O) groups is 2. The predicted molar refractivity (Wildman–Crippen MR) is 106 cm³/mol. The zero-order valence-electron chi connectivity index (χ0n) is 16.5. The van der Waals surface area contributed by atoms with Crippen molar-refractivity contribution in [3.63, 3.8) is 0 Å². The summed E-state index contributed by atoms with van der Waals surface area (Å²) < 4.78 is 27.0. The second-order valence-corrected chi connectivity index (χ2v) is 9.48. The zero-order chi connectivity index (χ0) is 20.1. The van der Waals surface area contributed by atoms with Crippen LogP contribution in [0, 0.1) is 6.92 Å². The van der Waals surface area contributed by atoms with Crippen LogP contribution in [0.4, 0.5) is 0 Å². The maximum absolute atomic E-state index is 12.8. The largest absolute Gasteiger partial charge is 0.342 e. The first kappa shape index (κ1) is 20.8. The minimum Gasteiger partial charge on any atom is -0.342 e. The summed E-state index contributed by atoms with van der Waals surface area (Å²) in [5.41, 5.74) is 1.01. The van der Waals surface area contributed by atoms with Gasteiger partial charge in [-0.1, -0.05) is 24.1 Å². The summed E-state index contributed by atoms with van der Waals surface area (Å²) in [5.74, 6) is 0.128. The molecular formula is C20H29N3O4S. The molecule has 0 bridgehead atoms. The zero-order valence-corrected chi connectivity index (χ0v) is 17.3. The standard InChI is InChI=1S/C20H29N3O4S/c1-17-6-8-18(9-7-17)28(26,27)23-15-13-22(14-16-23)20(25)10-12-21-11-4-2-3-5-19(21)24/h6-9H,2-5,10-16H2,1H3. The number of benzene rings is 1. The van der Waals surface area contributed by atoms with Crippen LogP contribution in [0.2, 0.25) is 0 Å². The second kappa shape index (κ2) is 9.05. The third kappa shape index (κ3) is 4.91. The van der Waals surface area contributed by atoms with E-state index >= 15 is 0 Å². The van der Waals surface area contributed by atoms with E-state index in [1.165, 1.54) is 4.31 Å². The number of amides is 2. The minimum absolute atomic E-state index is 0.00979. The highest BCUT2D eigenvalue weighted by molar-refractivity contribution is 7.89. The highest BCUT2D eigenvalue weighted by Gasteiger charge is 2.30. The number of sulfonamides is 1. The molecule has 1 aromatic carbocycles. The molecular weight excluding hydrogens is 378 g/mol. The Balaban J connectivity index is 1.51. The van der Waals surface area contributed by atoms with Crippen LogP contribution in [-0.4, -0.2) is 73.6 Å². The van der Waals surface area contributed by atoms with Crippen LogP contribution in [0.3, 0.4) is 0 Å². The van der Waals surface area contributed by atoms with E-state index < -0.39 is 10.0 Å². The summed E-state index contributed by atoms with van der Waals surface area (Å²) in [7, 11) is -3.53. The normalized spacial score (nSPS) is 19.5. The van der Waals surface area contributed by atoms with Crippen LogP contribution in [-0.2, 0) is 19.6 Å². The lowest BCUT2D eigenvalue weighted by Crippen LogP contribution is -2.51. The van der Waals surface area contributed by atoms with E-state index in [9.17, 15) is 18.0 Å². The first-order valence-corrected chi connectivity index (χ1v) is 11.4. The van der Waals surface area contributed by atoms with Crippen LogP contribution < -0.4 is 0 Å². The average molecular weight is 408 g/mol. The Labute approximate surface area is 167 Å². The average Bonchev–Trinajstić information content (AvgIpc) is 2.90. The van der Waals surface area contributed by atoms with E-state index in [0.29, 0.717) is 45.6 Å². The van der Waals surface area contributed by atoms with Crippen molar-refractivity contribution >= 4 is 21.8 Å². The highest BCUT2D eigenvalue weighted by Crippen LogP contribution is 2.19. The molecule has 2 fully saturated rings. The number of carbonyl (C=O) groups excluding carboxylic acids is 2. The SMILES string of the molecule is Cc1ccc(S(=O)(=O)N2CCN(C(=O)CCN3CCCCCC3=O)CC2)cc1. The quantitative estimate of drug-likeness (QED) is 0.743. The maximum atomic E-state index is 12.8. The summed E-state index contributed by atoms with van der Waals surface area (Å²) in [6, 6.07) is 6.83. The maximum Gasteiger partial charge on any atom is 0.243 e. The molecule has 0 unspecified atom stereocenters. The Bertz CT molecular complexity index is 799. The van der Waals surface area contributed by atoms with Crippen molar-refractivity contribution in [1.82, 2.24) is 14.1 Å². The number of rotatable bonds is 5. The molecule has 2 aliphatic rings. The van der Waals surface area contributed by atoms with Gasteiger partial charge in [-0.15, -0.1) is 0 Å². The number of likely N-dealkylation sites (tertiary alicyclic amines) is 1. The molecule has 0 aliphatic carbocycles. The molecule has 7 nitrogen and oxygen atoms in total. The second-order valence-electron chi connectivity index (χ2n) is 7.54. The lowest BCUT2D eigenvalue weighted by atomic mass is 10.2. The monoisotopic (exact) mass is 407 g/mol. The number of aryl methyl sites for hydroxylation is 1. The van der Waals surface area contributed by atoms with E-state index in [2.05, 4.69) is 0 Å². The summed E-state index contributed by atoms with van der Waals surface area (Å²) in [6.07, 6.45) is 3.87. The Morgan fingerprint density at radius 3 is 2.32 bits per heavy atom. The third-order valence-corrected chi connectivity index (χ3v) is 7.43. The van der Waals surface area contributed by atoms with E-state index in [-0.39, 0.29) is 16.7 Å². The first-order valence-electron chi connectivity index (χ1n) is 10.0. The fourth-order valence-electron chi connectivity index (χ4n) is 3.70. The molecule has 0 spiro atoms. The van der Waals surface area contributed by atoms with Gasteiger partial charge in [-0.25, -0.2) is 8.42 Å². The van der Waals surface area contributed by atoms with Gasteiger partial charge in [0.25, 0.3) is 0 Å². The minimum atomic E-state index is -3.53. The van der Waals surface area contributed by atoms with Gasteiger partial charge in [-0.2, -0.15) is 4.31 Å². The van der Waals surface area contributed by atoms with E-state index in [0.717, 1.165) is 31.4 Å². The van der Waals surface area contributed by atoms with Crippen molar-refractivity contribution < 1.29 is 18.0 Å². The van der Waals surface area contributed by atoms with E-state index in [1.54, 1.807) is 34.1 Å². The predicted octanol–water partition coefficient (Wildman–Crippen LogP) is 1.62. The molecule has 0 saturated carbocycles. The molecule has 2 heterocycles. The number of hydrogen-bond donors (Lipinski definition) is 0. The molecule has 1 aromatic rings.